The van der Waals surface area contributed by atoms with Gasteiger partial charge in [0, 0.05) is 13.1 Å². The van der Waals surface area contributed by atoms with E-state index in [1.807, 2.05) is 0 Å². The topological polar surface area (TPSA) is 72.1 Å². The number of aromatic amines is 2. The molecule has 0 saturated carbocycles. The monoisotopic (exact) mass is 255 g/mol. The first-order valence-corrected chi connectivity index (χ1v) is 6.24. The number of aromatic hydroxyl groups is 1. The molecule has 17 heavy (non-hydrogen) atoms. The molecule has 2 rings (SSSR count). The molecule has 0 radical (unpaired) electrons. The molecule has 1 aromatic rings. The van der Waals surface area contributed by atoms with Gasteiger partial charge in [-0.25, -0.2) is 0 Å². The van der Waals surface area contributed by atoms with Gasteiger partial charge in [0.1, 0.15) is 0 Å². The van der Waals surface area contributed by atoms with Crippen molar-refractivity contribution in [2.75, 3.05) is 13.1 Å². The van der Waals surface area contributed by atoms with Crippen LogP contribution in [0.4, 0.5) is 0 Å². The smallest absolute Gasteiger partial charge is 0.260 e. The van der Waals surface area contributed by atoms with Gasteiger partial charge in [-0.2, -0.15) is 0 Å². The number of nitrogens with one attached hydrogen (secondary N) is 2. The molecule has 1 aliphatic rings. The van der Waals surface area contributed by atoms with Crippen molar-refractivity contribution in [2.24, 2.45) is 5.92 Å². The van der Waals surface area contributed by atoms with Crippen molar-refractivity contribution in [1.29, 1.82) is 0 Å². The van der Waals surface area contributed by atoms with Gasteiger partial charge in [-0.1, -0.05) is 6.92 Å². The van der Waals surface area contributed by atoms with Gasteiger partial charge in [0.25, 0.3) is 5.56 Å². The highest BCUT2D eigenvalue weighted by Crippen LogP contribution is 2.18. The highest BCUT2D eigenvalue weighted by Gasteiger charge is 2.19. The van der Waals surface area contributed by atoms with Gasteiger partial charge < -0.3 is 10.1 Å². The van der Waals surface area contributed by atoms with E-state index in [0.29, 0.717) is 18.0 Å². The zero-order chi connectivity index (χ0) is 12.4. The number of rotatable bonds is 2. The molecule has 0 amide bonds. The van der Waals surface area contributed by atoms with Gasteiger partial charge in [-0.15, -0.1) is 0 Å². The summed E-state index contributed by atoms with van der Waals surface area (Å²) in [5.74, 6) is 0.532. The summed E-state index contributed by atoms with van der Waals surface area (Å²) in [7, 11) is 0. The Labute approximate surface area is 104 Å². The molecule has 3 N–H and O–H groups in total. The standard InChI is InChI=1S/C11H17N3O2S/c1-7-3-2-4-14(5-7)6-8-9(15)12-11(17)13-10(8)16/h7H,2-6H2,1H3,(H3,12,13,15,16,17). The molecule has 1 aliphatic heterocycles. The van der Waals surface area contributed by atoms with E-state index in [9.17, 15) is 9.90 Å². The first kappa shape index (κ1) is 12.3. The van der Waals surface area contributed by atoms with E-state index in [4.69, 9.17) is 12.2 Å². The molecule has 1 atom stereocenters. The summed E-state index contributed by atoms with van der Waals surface area (Å²) in [6.07, 6.45) is 2.37. The number of H-pyrrole nitrogens is 2. The van der Waals surface area contributed by atoms with E-state index in [1.165, 1.54) is 6.42 Å². The normalized spacial score (nSPS) is 21.6. The predicted molar refractivity (Wildman–Crippen MR) is 67.6 cm³/mol. The average molecular weight is 255 g/mol. The lowest BCUT2D eigenvalue weighted by Crippen LogP contribution is -2.35. The number of hydrogen-bond donors (Lipinski definition) is 3. The van der Waals surface area contributed by atoms with Gasteiger partial charge in [0.2, 0.25) is 5.88 Å². The number of piperidine rings is 1. The minimum absolute atomic E-state index is 0.114. The quantitative estimate of drug-likeness (QED) is 0.698. The van der Waals surface area contributed by atoms with Gasteiger partial charge >= 0.3 is 0 Å². The average Bonchev–Trinajstić information content (AvgIpc) is 2.23. The Kier molecular flexibility index (Phi) is 3.63. The number of nitrogens with zero attached hydrogens (tertiary/aromatic N) is 1. The van der Waals surface area contributed by atoms with Crippen LogP contribution in [0.3, 0.4) is 0 Å². The first-order chi connectivity index (χ1) is 8.06. The lowest BCUT2D eigenvalue weighted by molar-refractivity contribution is 0.174. The van der Waals surface area contributed by atoms with Crippen molar-refractivity contribution >= 4 is 12.2 Å². The summed E-state index contributed by atoms with van der Waals surface area (Å²) < 4.78 is 0.156. The summed E-state index contributed by atoms with van der Waals surface area (Å²) in [6, 6.07) is 0. The fourth-order valence-electron chi connectivity index (χ4n) is 2.30. The maximum absolute atomic E-state index is 11.7. The van der Waals surface area contributed by atoms with Crippen LogP contribution in [0.1, 0.15) is 25.3 Å². The van der Waals surface area contributed by atoms with Gasteiger partial charge in [0.15, 0.2) is 4.77 Å². The lowest BCUT2D eigenvalue weighted by atomic mass is 10.00. The third kappa shape index (κ3) is 2.95. The maximum atomic E-state index is 11.7. The molecule has 5 nitrogen and oxygen atoms in total. The Morgan fingerprint density at radius 3 is 2.94 bits per heavy atom. The Hall–Kier alpha value is -1.14. The molecule has 1 saturated heterocycles. The molecule has 1 unspecified atom stereocenters. The van der Waals surface area contributed by atoms with Crippen molar-refractivity contribution in [3.63, 3.8) is 0 Å². The van der Waals surface area contributed by atoms with Crippen molar-refractivity contribution in [3.05, 3.63) is 20.7 Å². The van der Waals surface area contributed by atoms with E-state index in [0.717, 1.165) is 19.5 Å². The Bertz CT molecular complexity index is 508. The molecule has 6 heteroatoms. The van der Waals surface area contributed by atoms with Gasteiger partial charge in [0.05, 0.1) is 5.56 Å². The third-order valence-corrected chi connectivity index (χ3v) is 3.35. The minimum atomic E-state index is -0.301. The Balaban J connectivity index is 2.18. The highest BCUT2D eigenvalue weighted by molar-refractivity contribution is 7.71. The van der Waals surface area contributed by atoms with Crippen LogP contribution in [0.25, 0.3) is 0 Å². The lowest BCUT2D eigenvalue weighted by Gasteiger charge is -2.30. The van der Waals surface area contributed by atoms with Crippen LogP contribution in [0, 0.1) is 10.7 Å². The van der Waals surface area contributed by atoms with Crippen LogP contribution in [0.15, 0.2) is 4.79 Å². The molecule has 0 bridgehead atoms. The zero-order valence-corrected chi connectivity index (χ0v) is 10.6. The SMILES string of the molecule is CC1CCCN(Cc2c(O)[nH]c(=S)[nH]c2=O)C1. The predicted octanol–water partition coefficient (Wildman–Crippen LogP) is 1.37. The first-order valence-electron chi connectivity index (χ1n) is 5.83. The van der Waals surface area contributed by atoms with E-state index < -0.39 is 0 Å². The van der Waals surface area contributed by atoms with Crippen LogP contribution in [0.5, 0.6) is 5.88 Å². The van der Waals surface area contributed by atoms with Gasteiger partial charge in [-0.05, 0) is 37.5 Å². The van der Waals surface area contributed by atoms with Crippen LogP contribution in [-0.2, 0) is 6.54 Å². The largest absolute Gasteiger partial charge is 0.494 e. The van der Waals surface area contributed by atoms with Crippen molar-refractivity contribution < 1.29 is 5.11 Å². The van der Waals surface area contributed by atoms with Crippen LogP contribution in [0.2, 0.25) is 0 Å². The third-order valence-electron chi connectivity index (χ3n) is 3.14. The zero-order valence-electron chi connectivity index (χ0n) is 9.82. The molecular weight excluding hydrogens is 238 g/mol. The second kappa shape index (κ2) is 5.01. The Morgan fingerprint density at radius 1 is 1.53 bits per heavy atom. The molecule has 0 aliphatic carbocycles. The van der Waals surface area contributed by atoms with Crippen molar-refractivity contribution in [2.45, 2.75) is 26.3 Å². The molecule has 94 valence electrons. The van der Waals surface area contributed by atoms with Crippen LogP contribution < -0.4 is 5.56 Å². The van der Waals surface area contributed by atoms with Crippen LogP contribution in [-0.4, -0.2) is 33.1 Å². The fourth-order valence-corrected chi connectivity index (χ4v) is 2.49. The van der Waals surface area contributed by atoms with Crippen LogP contribution >= 0.6 is 12.2 Å². The number of likely N-dealkylation sites (tertiary alicyclic amines) is 1. The van der Waals surface area contributed by atoms with E-state index >= 15 is 0 Å². The molecular formula is C11H17N3O2S. The van der Waals surface area contributed by atoms with Crippen molar-refractivity contribution in [1.82, 2.24) is 14.9 Å². The van der Waals surface area contributed by atoms with E-state index in [1.54, 1.807) is 0 Å². The molecule has 0 aromatic carbocycles. The summed E-state index contributed by atoms with van der Waals surface area (Å²) in [5, 5.41) is 9.70. The molecule has 2 heterocycles. The molecule has 1 fully saturated rings. The van der Waals surface area contributed by atoms with E-state index in [2.05, 4.69) is 21.8 Å². The fraction of sp³-hybridized carbons (Fsp3) is 0.636. The van der Waals surface area contributed by atoms with Gasteiger partial charge in [-0.3, -0.25) is 14.7 Å². The number of aromatic nitrogens is 2. The highest BCUT2D eigenvalue weighted by atomic mass is 32.1. The molecule has 1 aromatic heterocycles. The summed E-state index contributed by atoms with van der Waals surface area (Å²) in [4.78, 5) is 18.9. The number of hydrogen-bond acceptors (Lipinski definition) is 4. The summed E-state index contributed by atoms with van der Waals surface area (Å²) in [6.45, 7) is 4.61. The van der Waals surface area contributed by atoms with E-state index in [-0.39, 0.29) is 16.2 Å². The second-order valence-corrected chi connectivity index (χ2v) is 5.13. The minimum Gasteiger partial charge on any atom is -0.494 e. The molecule has 0 spiro atoms. The van der Waals surface area contributed by atoms with Crippen molar-refractivity contribution in [3.8, 4) is 5.88 Å². The summed E-state index contributed by atoms with van der Waals surface area (Å²) >= 11 is 4.79. The second-order valence-electron chi connectivity index (χ2n) is 4.72. The summed E-state index contributed by atoms with van der Waals surface area (Å²) in [5.41, 5.74) is 0.0668. The maximum Gasteiger partial charge on any atom is 0.260 e. The Morgan fingerprint density at radius 2 is 2.29 bits per heavy atom.